The van der Waals surface area contributed by atoms with E-state index in [4.69, 9.17) is 5.73 Å². The SMILES string of the molecule is NC(=O)CC(=O)N(c1ccccc1OC(F)(F)F)c1ccccc1OC(F)(F)F. The third-order valence-electron chi connectivity index (χ3n) is 3.24. The minimum atomic E-state index is -5.16. The normalized spacial score (nSPS) is 11.7. The van der Waals surface area contributed by atoms with Crippen LogP contribution in [0.2, 0.25) is 0 Å². The molecule has 0 aliphatic carbocycles. The highest BCUT2D eigenvalue weighted by molar-refractivity contribution is 6.10. The number of anilines is 2. The van der Waals surface area contributed by atoms with Crippen LogP contribution >= 0.6 is 0 Å². The molecule has 0 saturated heterocycles. The van der Waals surface area contributed by atoms with E-state index >= 15 is 0 Å². The third kappa shape index (κ3) is 6.30. The Morgan fingerprint density at radius 2 is 1.17 bits per heavy atom. The van der Waals surface area contributed by atoms with Gasteiger partial charge in [-0.05, 0) is 24.3 Å². The molecular formula is C17H12F6N2O4. The van der Waals surface area contributed by atoms with Crippen molar-refractivity contribution in [3.8, 4) is 11.5 Å². The summed E-state index contributed by atoms with van der Waals surface area (Å²) < 4.78 is 84.1. The van der Waals surface area contributed by atoms with Gasteiger partial charge in [0.2, 0.25) is 11.8 Å². The topological polar surface area (TPSA) is 81.9 Å². The van der Waals surface area contributed by atoms with Gasteiger partial charge in [0, 0.05) is 0 Å². The van der Waals surface area contributed by atoms with Crippen molar-refractivity contribution in [3.05, 3.63) is 48.5 Å². The van der Waals surface area contributed by atoms with Gasteiger partial charge in [0.1, 0.15) is 6.42 Å². The van der Waals surface area contributed by atoms with Crippen molar-refractivity contribution in [3.63, 3.8) is 0 Å². The lowest BCUT2D eigenvalue weighted by Gasteiger charge is -2.27. The predicted molar refractivity (Wildman–Crippen MR) is 87.2 cm³/mol. The number of carbonyl (C=O) groups is 2. The van der Waals surface area contributed by atoms with Crippen LogP contribution in [0, 0.1) is 0 Å². The summed E-state index contributed by atoms with van der Waals surface area (Å²) in [5.41, 5.74) is 3.81. The molecule has 12 heteroatoms. The Kier molecular flexibility index (Phi) is 6.25. The van der Waals surface area contributed by atoms with E-state index in [1.807, 2.05) is 0 Å². The summed E-state index contributed by atoms with van der Waals surface area (Å²) in [5, 5.41) is 0. The molecule has 2 aromatic rings. The molecule has 2 amide bonds. The smallest absolute Gasteiger partial charge is 0.404 e. The monoisotopic (exact) mass is 422 g/mol. The number of primary amides is 1. The van der Waals surface area contributed by atoms with Crippen LogP contribution in [0.5, 0.6) is 11.5 Å². The van der Waals surface area contributed by atoms with E-state index in [2.05, 4.69) is 9.47 Å². The van der Waals surface area contributed by atoms with Gasteiger partial charge in [-0.15, -0.1) is 26.3 Å². The minimum absolute atomic E-state index is 0.437. The van der Waals surface area contributed by atoms with Crippen LogP contribution in [0.1, 0.15) is 6.42 Å². The Morgan fingerprint density at radius 1 is 0.793 bits per heavy atom. The molecule has 0 spiro atoms. The molecule has 2 N–H and O–H groups in total. The van der Waals surface area contributed by atoms with Gasteiger partial charge in [0.05, 0.1) is 11.4 Å². The summed E-state index contributed by atoms with van der Waals surface area (Å²) in [6.07, 6.45) is -11.3. The van der Waals surface area contributed by atoms with Crippen molar-refractivity contribution >= 4 is 23.2 Å². The van der Waals surface area contributed by atoms with Crippen LogP contribution in [0.25, 0.3) is 0 Å². The number of hydrogen-bond acceptors (Lipinski definition) is 4. The molecule has 29 heavy (non-hydrogen) atoms. The van der Waals surface area contributed by atoms with Crippen LogP contribution in [-0.2, 0) is 9.59 Å². The van der Waals surface area contributed by atoms with Crippen LogP contribution in [0.3, 0.4) is 0 Å². The zero-order valence-electron chi connectivity index (χ0n) is 14.3. The average molecular weight is 422 g/mol. The second-order valence-corrected chi connectivity index (χ2v) is 5.40. The fraction of sp³-hybridized carbons (Fsp3) is 0.176. The Bertz CT molecular complexity index is 838. The molecule has 0 bridgehead atoms. The van der Waals surface area contributed by atoms with Gasteiger partial charge in [-0.1, -0.05) is 24.3 Å². The van der Waals surface area contributed by atoms with E-state index < -0.39 is 53.8 Å². The van der Waals surface area contributed by atoms with Crippen molar-refractivity contribution in [2.45, 2.75) is 19.1 Å². The molecule has 0 radical (unpaired) electrons. The van der Waals surface area contributed by atoms with E-state index in [1.54, 1.807) is 0 Å². The summed E-state index contributed by atoms with van der Waals surface area (Å²) in [7, 11) is 0. The largest absolute Gasteiger partial charge is 0.573 e. The molecular weight excluding hydrogens is 410 g/mol. The number of amides is 2. The number of para-hydroxylation sites is 4. The standard InChI is InChI=1S/C17H12F6N2O4/c18-16(19,20)28-12-7-3-1-5-10(12)25(15(27)9-14(24)26)11-6-2-4-8-13(11)29-17(21,22)23/h1-8H,9H2,(H2,24,26). The Morgan fingerprint density at radius 3 is 1.52 bits per heavy atom. The van der Waals surface area contributed by atoms with Crippen molar-refractivity contribution in [1.29, 1.82) is 0 Å². The molecule has 0 aliphatic rings. The van der Waals surface area contributed by atoms with Crippen molar-refractivity contribution in [2.75, 3.05) is 4.90 Å². The molecule has 0 fully saturated rings. The molecule has 6 nitrogen and oxygen atoms in total. The first kappa shape index (κ1) is 21.9. The van der Waals surface area contributed by atoms with Crippen LogP contribution in [-0.4, -0.2) is 24.5 Å². The second-order valence-electron chi connectivity index (χ2n) is 5.40. The van der Waals surface area contributed by atoms with Crippen LogP contribution < -0.4 is 20.1 Å². The number of carbonyl (C=O) groups excluding carboxylic acids is 2. The highest BCUT2D eigenvalue weighted by Gasteiger charge is 2.36. The molecule has 0 aromatic heterocycles. The minimum Gasteiger partial charge on any atom is -0.404 e. The van der Waals surface area contributed by atoms with E-state index in [1.165, 1.54) is 12.1 Å². The maximum absolute atomic E-state index is 12.7. The van der Waals surface area contributed by atoms with Gasteiger partial charge in [-0.2, -0.15) is 0 Å². The van der Waals surface area contributed by atoms with Gasteiger partial charge < -0.3 is 15.2 Å². The maximum atomic E-state index is 12.7. The van der Waals surface area contributed by atoms with E-state index in [9.17, 15) is 35.9 Å². The fourth-order valence-corrected chi connectivity index (χ4v) is 2.33. The summed E-state index contributed by atoms with van der Waals surface area (Å²) in [6, 6.07) is 8.42. The summed E-state index contributed by atoms with van der Waals surface area (Å²) in [6.45, 7) is 0. The first-order chi connectivity index (χ1) is 13.4. The quantitative estimate of drug-likeness (QED) is 0.563. The summed E-state index contributed by atoms with van der Waals surface area (Å²) in [4.78, 5) is 24.1. The number of hydrogen-bond donors (Lipinski definition) is 1. The molecule has 0 unspecified atom stereocenters. The van der Waals surface area contributed by atoms with Crippen molar-refractivity contribution in [2.24, 2.45) is 5.73 Å². The number of ether oxygens (including phenoxy) is 2. The molecule has 156 valence electrons. The lowest BCUT2D eigenvalue weighted by Crippen LogP contribution is -2.32. The number of nitrogens with zero attached hydrogens (tertiary/aromatic N) is 1. The van der Waals surface area contributed by atoms with Crippen LogP contribution in [0.15, 0.2) is 48.5 Å². The molecule has 0 atom stereocenters. The van der Waals surface area contributed by atoms with Gasteiger partial charge >= 0.3 is 12.7 Å². The highest BCUT2D eigenvalue weighted by Crippen LogP contribution is 2.41. The number of benzene rings is 2. The lowest BCUT2D eigenvalue weighted by molar-refractivity contribution is -0.275. The van der Waals surface area contributed by atoms with Gasteiger partial charge in [0.25, 0.3) is 0 Å². The third-order valence-corrected chi connectivity index (χ3v) is 3.24. The van der Waals surface area contributed by atoms with Crippen LogP contribution in [0.4, 0.5) is 37.7 Å². The van der Waals surface area contributed by atoms with E-state index in [-0.39, 0.29) is 0 Å². The van der Waals surface area contributed by atoms with Gasteiger partial charge in [0.15, 0.2) is 11.5 Å². The summed E-state index contributed by atoms with van der Waals surface area (Å²) in [5.74, 6) is -4.13. The highest BCUT2D eigenvalue weighted by atomic mass is 19.4. The number of alkyl halides is 6. The van der Waals surface area contributed by atoms with Gasteiger partial charge in [-0.25, -0.2) is 0 Å². The first-order valence-corrected chi connectivity index (χ1v) is 7.68. The Labute approximate surface area is 159 Å². The fourth-order valence-electron chi connectivity index (χ4n) is 2.33. The maximum Gasteiger partial charge on any atom is 0.573 e. The Hall–Kier alpha value is -3.44. The summed E-state index contributed by atoms with van der Waals surface area (Å²) >= 11 is 0. The number of halogens is 6. The zero-order valence-corrected chi connectivity index (χ0v) is 14.3. The lowest BCUT2D eigenvalue weighted by atomic mass is 10.2. The molecule has 2 rings (SSSR count). The second kappa shape index (κ2) is 8.29. The predicted octanol–water partition coefficient (Wildman–Crippen LogP) is 4.02. The Balaban J connectivity index is 2.66. The molecule has 0 aliphatic heterocycles. The number of nitrogens with two attached hydrogens (primary N) is 1. The molecule has 0 saturated carbocycles. The first-order valence-electron chi connectivity index (χ1n) is 7.68. The van der Waals surface area contributed by atoms with Crippen molar-refractivity contribution in [1.82, 2.24) is 0 Å². The average Bonchev–Trinajstić information content (AvgIpc) is 2.55. The van der Waals surface area contributed by atoms with Crippen molar-refractivity contribution < 1.29 is 45.4 Å². The van der Waals surface area contributed by atoms with E-state index in [0.717, 1.165) is 36.4 Å². The van der Waals surface area contributed by atoms with Gasteiger partial charge in [-0.3, -0.25) is 14.5 Å². The molecule has 0 heterocycles. The molecule has 2 aromatic carbocycles. The number of rotatable bonds is 6. The van der Waals surface area contributed by atoms with E-state index in [0.29, 0.717) is 4.90 Å². The zero-order chi connectivity index (χ0) is 21.8.